The molecule has 0 N–H and O–H groups in total. The molecule has 0 radical (unpaired) electrons. The maximum Gasteiger partial charge on any atom is 0.249 e. The molecule has 4 rings (SSSR count). The fraction of sp³-hybridized carbons (Fsp3) is 0.632. The number of likely N-dealkylation sites (tertiary alicyclic amines) is 1. The van der Waals surface area contributed by atoms with E-state index in [-0.39, 0.29) is 36.5 Å². The Morgan fingerprint density at radius 2 is 2.04 bits per heavy atom. The smallest absolute Gasteiger partial charge is 0.249 e. The normalized spacial score (nSPS) is 27.4. The van der Waals surface area contributed by atoms with Crippen molar-refractivity contribution in [3.63, 3.8) is 0 Å². The van der Waals surface area contributed by atoms with E-state index in [1.54, 1.807) is 6.20 Å². The minimum absolute atomic E-state index is 0.0149. The second kappa shape index (κ2) is 7.12. The molecule has 1 aliphatic carbocycles. The average molecular weight is 343 g/mol. The van der Waals surface area contributed by atoms with E-state index in [1.165, 1.54) is 6.42 Å². The molecule has 3 fully saturated rings. The monoisotopic (exact) mass is 343 g/mol. The molecular weight excluding hydrogens is 318 g/mol. The van der Waals surface area contributed by atoms with Crippen molar-refractivity contribution in [3.8, 4) is 0 Å². The lowest BCUT2D eigenvalue weighted by molar-refractivity contribution is -0.154. The Labute approximate surface area is 148 Å². The largest absolute Gasteiger partial charge is 0.364 e. The summed E-state index contributed by atoms with van der Waals surface area (Å²) in [6.45, 7) is 1.76. The van der Waals surface area contributed by atoms with Crippen LogP contribution in [0.3, 0.4) is 0 Å². The van der Waals surface area contributed by atoms with Gasteiger partial charge >= 0.3 is 0 Å². The van der Waals surface area contributed by atoms with Crippen LogP contribution < -0.4 is 0 Å². The number of pyridine rings is 1. The highest BCUT2D eigenvalue weighted by Crippen LogP contribution is 2.30. The van der Waals surface area contributed by atoms with Gasteiger partial charge in [0.2, 0.25) is 11.8 Å². The molecule has 2 atom stereocenters. The van der Waals surface area contributed by atoms with Gasteiger partial charge in [0, 0.05) is 25.2 Å². The Morgan fingerprint density at radius 3 is 2.80 bits per heavy atom. The quantitative estimate of drug-likeness (QED) is 0.836. The second-order valence-corrected chi connectivity index (χ2v) is 7.34. The number of hydrogen-bond donors (Lipinski definition) is 0. The van der Waals surface area contributed by atoms with Crippen LogP contribution in [0.2, 0.25) is 0 Å². The van der Waals surface area contributed by atoms with Gasteiger partial charge in [0.25, 0.3) is 0 Å². The Hall–Kier alpha value is -1.95. The summed E-state index contributed by atoms with van der Waals surface area (Å²) < 4.78 is 5.74. The van der Waals surface area contributed by atoms with Crippen LogP contribution in [0, 0.1) is 5.92 Å². The number of nitrogens with zero attached hydrogens (tertiary/aromatic N) is 3. The zero-order chi connectivity index (χ0) is 17.2. The van der Waals surface area contributed by atoms with Gasteiger partial charge < -0.3 is 14.5 Å². The van der Waals surface area contributed by atoms with Crippen molar-refractivity contribution in [1.29, 1.82) is 0 Å². The van der Waals surface area contributed by atoms with E-state index >= 15 is 0 Å². The minimum Gasteiger partial charge on any atom is -0.364 e. The van der Waals surface area contributed by atoms with Gasteiger partial charge in [-0.2, -0.15) is 0 Å². The summed E-state index contributed by atoms with van der Waals surface area (Å²) in [6, 6.07) is 5.67. The summed E-state index contributed by atoms with van der Waals surface area (Å²) in [5, 5.41) is 0. The third kappa shape index (κ3) is 3.40. The highest BCUT2D eigenvalue weighted by atomic mass is 16.5. The molecule has 2 saturated heterocycles. The number of fused-ring (bicyclic) bond motifs is 1. The van der Waals surface area contributed by atoms with Crippen LogP contribution in [0.25, 0.3) is 0 Å². The molecule has 25 heavy (non-hydrogen) atoms. The highest BCUT2D eigenvalue weighted by molar-refractivity contribution is 5.81. The predicted molar refractivity (Wildman–Crippen MR) is 91.5 cm³/mol. The van der Waals surface area contributed by atoms with E-state index in [0.29, 0.717) is 19.6 Å². The van der Waals surface area contributed by atoms with Crippen molar-refractivity contribution in [2.75, 3.05) is 19.7 Å². The van der Waals surface area contributed by atoms with Crippen LogP contribution >= 0.6 is 0 Å². The summed E-state index contributed by atoms with van der Waals surface area (Å²) in [6.07, 6.45) is 7.21. The molecule has 134 valence electrons. The van der Waals surface area contributed by atoms with Gasteiger partial charge in [-0.15, -0.1) is 0 Å². The lowest BCUT2D eigenvalue weighted by Crippen LogP contribution is -2.53. The van der Waals surface area contributed by atoms with Crippen LogP contribution in [0.4, 0.5) is 0 Å². The zero-order valence-electron chi connectivity index (χ0n) is 14.5. The van der Waals surface area contributed by atoms with Crippen LogP contribution in [0.15, 0.2) is 24.4 Å². The molecule has 0 spiro atoms. The lowest BCUT2D eigenvalue weighted by Gasteiger charge is -2.36. The van der Waals surface area contributed by atoms with Crippen LogP contribution in [0.5, 0.6) is 0 Å². The van der Waals surface area contributed by atoms with Gasteiger partial charge in [-0.1, -0.05) is 25.3 Å². The summed E-state index contributed by atoms with van der Waals surface area (Å²) in [7, 11) is 0. The summed E-state index contributed by atoms with van der Waals surface area (Å²) >= 11 is 0. The highest BCUT2D eigenvalue weighted by Gasteiger charge is 2.45. The topological polar surface area (TPSA) is 62.7 Å². The average Bonchev–Trinajstić information content (AvgIpc) is 3.10. The molecule has 3 aliphatic rings. The van der Waals surface area contributed by atoms with Gasteiger partial charge in [0.15, 0.2) is 0 Å². The van der Waals surface area contributed by atoms with Crippen molar-refractivity contribution >= 4 is 11.8 Å². The first-order valence-corrected chi connectivity index (χ1v) is 9.32. The molecule has 6 nitrogen and oxygen atoms in total. The Morgan fingerprint density at radius 1 is 1.20 bits per heavy atom. The van der Waals surface area contributed by atoms with E-state index in [0.717, 1.165) is 31.4 Å². The maximum atomic E-state index is 12.8. The summed E-state index contributed by atoms with van der Waals surface area (Å²) in [5.41, 5.74) is 0.869. The Kier molecular flexibility index (Phi) is 4.70. The maximum absolute atomic E-state index is 12.8. The van der Waals surface area contributed by atoms with Crippen LogP contribution in [0.1, 0.15) is 37.8 Å². The molecule has 1 aromatic rings. The third-order valence-electron chi connectivity index (χ3n) is 5.70. The molecule has 2 amide bonds. The van der Waals surface area contributed by atoms with Crippen LogP contribution in [-0.2, 0) is 20.9 Å². The zero-order valence-corrected chi connectivity index (χ0v) is 14.5. The standard InChI is InChI=1S/C19H25N3O3/c23-18-13-25-17-12-21(19(24)14-6-2-1-3-7-14)11-16(17)22(18)10-15-8-4-5-9-20-15/h4-5,8-9,14,16-17H,1-3,6-7,10-13H2. The number of morpholine rings is 1. The number of rotatable bonds is 3. The van der Waals surface area contributed by atoms with E-state index in [4.69, 9.17) is 4.74 Å². The second-order valence-electron chi connectivity index (χ2n) is 7.34. The van der Waals surface area contributed by atoms with Gasteiger partial charge in [0.1, 0.15) is 6.61 Å². The van der Waals surface area contributed by atoms with Crippen LogP contribution in [-0.4, -0.2) is 58.4 Å². The Bertz CT molecular complexity index is 630. The van der Waals surface area contributed by atoms with Crippen molar-refractivity contribution in [2.45, 2.75) is 50.8 Å². The number of amides is 2. The van der Waals surface area contributed by atoms with E-state index in [2.05, 4.69) is 4.98 Å². The van der Waals surface area contributed by atoms with Gasteiger partial charge in [-0.3, -0.25) is 14.6 Å². The molecule has 1 aromatic heterocycles. The molecule has 0 aromatic carbocycles. The third-order valence-corrected chi connectivity index (χ3v) is 5.70. The number of ether oxygens (including phenoxy) is 1. The Balaban J connectivity index is 1.46. The number of carbonyl (C=O) groups excluding carboxylic acids is 2. The van der Waals surface area contributed by atoms with Gasteiger partial charge in [-0.25, -0.2) is 0 Å². The first-order chi connectivity index (χ1) is 12.2. The summed E-state index contributed by atoms with van der Waals surface area (Å²) in [4.78, 5) is 33.3. The lowest BCUT2D eigenvalue weighted by atomic mass is 9.88. The summed E-state index contributed by atoms with van der Waals surface area (Å²) in [5.74, 6) is 0.399. The number of hydrogen-bond acceptors (Lipinski definition) is 4. The fourth-order valence-corrected chi connectivity index (χ4v) is 4.33. The van der Waals surface area contributed by atoms with E-state index in [1.807, 2.05) is 28.0 Å². The number of carbonyl (C=O) groups is 2. The van der Waals surface area contributed by atoms with Crippen molar-refractivity contribution in [2.24, 2.45) is 5.92 Å². The van der Waals surface area contributed by atoms with Gasteiger partial charge in [-0.05, 0) is 25.0 Å². The molecular formula is C19H25N3O3. The van der Waals surface area contributed by atoms with Crippen molar-refractivity contribution in [3.05, 3.63) is 30.1 Å². The molecule has 6 heteroatoms. The molecule has 1 saturated carbocycles. The van der Waals surface area contributed by atoms with Crippen molar-refractivity contribution < 1.29 is 14.3 Å². The van der Waals surface area contributed by atoms with E-state index < -0.39 is 0 Å². The molecule has 0 bridgehead atoms. The first kappa shape index (κ1) is 16.5. The van der Waals surface area contributed by atoms with Crippen molar-refractivity contribution in [1.82, 2.24) is 14.8 Å². The van der Waals surface area contributed by atoms with Gasteiger partial charge in [0.05, 0.1) is 24.4 Å². The molecule has 2 unspecified atom stereocenters. The van der Waals surface area contributed by atoms with E-state index in [9.17, 15) is 9.59 Å². The molecule has 3 heterocycles. The fourth-order valence-electron chi connectivity index (χ4n) is 4.33. The minimum atomic E-state index is -0.0750. The first-order valence-electron chi connectivity index (χ1n) is 9.32. The SMILES string of the molecule is O=C(C1CCCCC1)N1CC2OCC(=O)N(Cc3ccccn3)C2C1. The number of aromatic nitrogens is 1. The predicted octanol–water partition coefficient (Wildman–Crippen LogP) is 1.60. The molecule has 2 aliphatic heterocycles.